The summed E-state index contributed by atoms with van der Waals surface area (Å²) in [4.78, 5) is 6.76. The van der Waals surface area contributed by atoms with Crippen LogP contribution < -0.4 is 5.32 Å². The number of ether oxygens (including phenoxy) is 1. The number of hydrogen-bond donors (Lipinski definition) is 1. The van der Waals surface area contributed by atoms with E-state index in [9.17, 15) is 0 Å². The highest BCUT2D eigenvalue weighted by Crippen LogP contribution is 2.22. The second kappa shape index (κ2) is 6.21. The molecule has 1 N–H and O–H groups in total. The minimum atomic E-state index is 0.179. The van der Waals surface area contributed by atoms with Crippen LogP contribution in [0.2, 0.25) is 0 Å². The summed E-state index contributed by atoms with van der Waals surface area (Å²) in [5.41, 5.74) is 0.583. The van der Waals surface area contributed by atoms with Gasteiger partial charge in [0.25, 0.3) is 0 Å². The highest BCUT2D eigenvalue weighted by molar-refractivity contribution is 5.51. The van der Waals surface area contributed by atoms with Crippen molar-refractivity contribution < 1.29 is 4.74 Å². The minimum absolute atomic E-state index is 0.179. The average Bonchev–Trinajstić information content (AvgIpc) is 2.53. The number of nitrogens with one attached hydrogen (secondary N) is 1. The molecule has 2 aliphatic heterocycles. The van der Waals surface area contributed by atoms with Crippen LogP contribution in [0.15, 0.2) is 18.3 Å². The van der Waals surface area contributed by atoms with E-state index < -0.39 is 0 Å². The Bertz CT molecular complexity index is 499. The van der Waals surface area contributed by atoms with Gasteiger partial charge in [-0.05, 0) is 31.5 Å². The fraction of sp³-hybridized carbons (Fsp3) is 0.600. The van der Waals surface area contributed by atoms with Crippen LogP contribution >= 0.6 is 0 Å². The van der Waals surface area contributed by atoms with Crippen LogP contribution in [0.1, 0.15) is 24.8 Å². The van der Waals surface area contributed by atoms with Gasteiger partial charge in [-0.15, -0.1) is 0 Å². The van der Waals surface area contributed by atoms with Crippen molar-refractivity contribution in [3.05, 3.63) is 23.9 Å². The van der Waals surface area contributed by atoms with Gasteiger partial charge in [0.15, 0.2) is 0 Å². The van der Waals surface area contributed by atoms with Crippen LogP contribution in [0.3, 0.4) is 0 Å². The molecule has 2 atom stereocenters. The number of morpholine rings is 1. The number of pyridine rings is 1. The number of rotatable bonds is 3. The van der Waals surface area contributed by atoms with Crippen molar-refractivity contribution in [3.8, 4) is 6.07 Å². The molecule has 2 fully saturated rings. The lowest BCUT2D eigenvalue weighted by atomic mass is 10.0. The third-order valence-corrected chi connectivity index (χ3v) is 4.14. The summed E-state index contributed by atoms with van der Waals surface area (Å²) in [6, 6.07) is 6.32. The maximum Gasteiger partial charge on any atom is 0.143 e. The molecule has 3 rings (SSSR count). The number of anilines is 1. The Balaban J connectivity index is 1.55. The molecule has 0 aliphatic carbocycles. The molecule has 5 heteroatoms. The Morgan fingerprint density at radius 3 is 3.35 bits per heavy atom. The van der Waals surface area contributed by atoms with Gasteiger partial charge >= 0.3 is 0 Å². The first kappa shape index (κ1) is 13.3. The molecule has 2 aliphatic rings. The van der Waals surface area contributed by atoms with Gasteiger partial charge in [0.1, 0.15) is 11.9 Å². The van der Waals surface area contributed by atoms with Gasteiger partial charge in [0.2, 0.25) is 0 Å². The maximum atomic E-state index is 9.04. The first-order chi connectivity index (χ1) is 9.86. The van der Waals surface area contributed by atoms with Crippen molar-refractivity contribution >= 4 is 5.82 Å². The van der Waals surface area contributed by atoms with Gasteiger partial charge in [-0.3, -0.25) is 4.90 Å². The van der Waals surface area contributed by atoms with E-state index in [1.807, 2.05) is 0 Å². The molecule has 1 aromatic heterocycles. The molecule has 0 saturated carbocycles. The standard InChI is InChI=1S/C15H20N4O/c16-8-12-4-3-6-17-15(12)18-9-14-10-19-7-2-1-5-13(19)11-20-14/h3-4,6,13-14H,1-2,5,7,9-11H2,(H,17,18)/t13-,14+/m1/s1. The molecular weight excluding hydrogens is 252 g/mol. The first-order valence-electron chi connectivity index (χ1n) is 7.31. The van der Waals surface area contributed by atoms with E-state index in [1.165, 1.54) is 25.8 Å². The summed E-state index contributed by atoms with van der Waals surface area (Å²) in [6.07, 6.45) is 5.77. The number of nitrogens with zero attached hydrogens (tertiary/aromatic N) is 3. The van der Waals surface area contributed by atoms with E-state index >= 15 is 0 Å². The highest BCUT2D eigenvalue weighted by Gasteiger charge is 2.30. The van der Waals surface area contributed by atoms with Crippen LogP contribution in [0.5, 0.6) is 0 Å². The Morgan fingerprint density at radius 2 is 2.45 bits per heavy atom. The van der Waals surface area contributed by atoms with Gasteiger partial charge in [-0.2, -0.15) is 5.26 Å². The summed E-state index contributed by atoms with van der Waals surface area (Å²) < 4.78 is 5.93. The lowest BCUT2D eigenvalue weighted by Crippen LogP contribution is -2.53. The largest absolute Gasteiger partial charge is 0.373 e. The lowest BCUT2D eigenvalue weighted by Gasteiger charge is -2.42. The average molecular weight is 272 g/mol. The molecule has 0 aromatic carbocycles. The molecule has 0 unspecified atom stereocenters. The van der Waals surface area contributed by atoms with Crippen LogP contribution in [-0.2, 0) is 4.74 Å². The lowest BCUT2D eigenvalue weighted by molar-refractivity contribution is -0.0689. The summed E-state index contributed by atoms with van der Waals surface area (Å²) in [5, 5.41) is 12.3. The first-order valence-corrected chi connectivity index (χ1v) is 7.31. The van der Waals surface area contributed by atoms with Gasteiger partial charge in [-0.25, -0.2) is 4.98 Å². The number of piperidine rings is 1. The Morgan fingerprint density at radius 1 is 1.50 bits per heavy atom. The van der Waals surface area contributed by atoms with E-state index in [2.05, 4.69) is 21.3 Å². The second-order valence-corrected chi connectivity index (χ2v) is 5.49. The molecule has 3 heterocycles. The monoisotopic (exact) mass is 272 g/mol. The van der Waals surface area contributed by atoms with Gasteiger partial charge in [-0.1, -0.05) is 6.42 Å². The zero-order valence-electron chi connectivity index (χ0n) is 11.6. The van der Waals surface area contributed by atoms with Crippen molar-refractivity contribution in [3.63, 3.8) is 0 Å². The number of fused-ring (bicyclic) bond motifs is 1. The number of aromatic nitrogens is 1. The molecule has 0 radical (unpaired) electrons. The summed E-state index contributed by atoms with van der Waals surface area (Å²) in [6.45, 7) is 3.71. The van der Waals surface area contributed by atoms with Gasteiger partial charge in [0.05, 0.1) is 18.3 Å². The molecule has 2 saturated heterocycles. The third kappa shape index (κ3) is 2.92. The fourth-order valence-electron chi connectivity index (χ4n) is 3.02. The molecule has 20 heavy (non-hydrogen) atoms. The molecule has 0 spiro atoms. The minimum Gasteiger partial charge on any atom is -0.373 e. The van der Waals surface area contributed by atoms with Crippen molar-refractivity contribution in [1.29, 1.82) is 5.26 Å². The predicted molar refractivity (Wildman–Crippen MR) is 76.4 cm³/mol. The van der Waals surface area contributed by atoms with Crippen molar-refractivity contribution in [2.24, 2.45) is 0 Å². The molecule has 0 amide bonds. The number of nitriles is 1. The second-order valence-electron chi connectivity index (χ2n) is 5.49. The Kier molecular flexibility index (Phi) is 4.14. The molecule has 0 bridgehead atoms. The van der Waals surface area contributed by atoms with Gasteiger partial charge in [0, 0.05) is 25.3 Å². The van der Waals surface area contributed by atoms with Crippen molar-refractivity contribution in [2.75, 3.05) is 31.6 Å². The SMILES string of the molecule is N#Cc1cccnc1NC[C@H]1CN2CCCC[C@@H]2CO1. The predicted octanol–water partition coefficient (Wildman–Crippen LogP) is 1.62. The topological polar surface area (TPSA) is 61.2 Å². The molecular formula is C15H20N4O. The summed E-state index contributed by atoms with van der Waals surface area (Å²) in [7, 11) is 0. The quantitative estimate of drug-likeness (QED) is 0.906. The van der Waals surface area contributed by atoms with Crippen LogP contribution in [0, 0.1) is 11.3 Å². The summed E-state index contributed by atoms with van der Waals surface area (Å²) >= 11 is 0. The van der Waals surface area contributed by atoms with E-state index in [0.717, 1.165) is 13.2 Å². The fourth-order valence-corrected chi connectivity index (χ4v) is 3.02. The molecule has 106 valence electrons. The zero-order valence-corrected chi connectivity index (χ0v) is 11.6. The number of hydrogen-bond acceptors (Lipinski definition) is 5. The highest BCUT2D eigenvalue weighted by atomic mass is 16.5. The van der Waals surface area contributed by atoms with Crippen LogP contribution in [0.25, 0.3) is 0 Å². The summed E-state index contributed by atoms with van der Waals surface area (Å²) in [5.74, 6) is 0.652. The van der Waals surface area contributed by atoms with Crippen LogP contribution in [0.4, 0.5) is 5.82 Å². The third-order valence-electron chi connectivity index (χ3n) is 4.14. The van der Waals surface area contributed by atoms with Crippen LogP contribution in [-0.4, -0.2) is 48.3 Å². The van der Waals surface area contributed by atoms with Gasteiger partial charge < -0.3 is 10.1 Å². The normalized spacial score (nSPS) is 26.6. The Hall–Kier alpha value is -1.64. The molecule has 1 aromatic rings. The van der Waals surface area contributed by atoms with E-state index in [1.54, 1.807) is 18.3 Å². The molecule has 5 nitrogen and oxygen atoms in total. The smallest absolute Gasteiger partial charge is 0.143 e. The van der Waals surface area contributed by atoms with E-state index in [0.29, 0.717) is 24.0 Å². The van der Waals surface area contributed by atoms with Crippen molar-refractivity contribution in [2.45, 2.75) is 31.4 Å². The maximum absolute atomic E-state index is 9.04. The zero-order chi connectivity index (χ0) is 13.8. The van der Waals surface area contributed by atoms with E-state index in [4.69, 9.17) is 10.00 Å². The van der Waals surface area contributed by atoms with Crippen molar-refractivity contribution in [1.82, 2.24) is 9.88 Å². The van der Waals surface area contributed by atoms with E-state index in [-0.39, 0.29) is 6.10 Å². The Labute approximate surface area is 119 Å².